The van der Waals surface area contributed by atoms with Crippen LogP contribution in [-0.4, -0.2) is 39.8 Å². The first-order valence-electron chi connectivity index (χ1n) is 11.0. The first-order valence-corrected chi connectivity index (χ1v) is 11.0. The summed E-state index contributed by atoms with van der Waals surface area (Å²) in [4.78, 5) is 15.4. The molecule has 1 amide bonds. The van der Waals surface area contributed by atoms with E-state index in [9.17, 15) is 4.79 Å². The van der Waals surface area contributed by atoms with Crippen LogP contribution in [0.2, 0.25) is 0 Å². The molecule has 0 saturated carbocycles. The van der Waals surface area contributed by atoms with Crippen LogP contribution in [0.15, 0.2) is 54.6 Å². The van der Waals surface area contributed by atoms with Gasteiger partial charge in [-0.3, -0.25) is 9.48 Å². The Bertz CT molecular complexity index is 1090. The maximum absolute atomic E-state index is 13.5. The van der Waals surface area contributed by atoms with Gasteiger partial charge in [-0.25, -0.2) is 0 Å². The van der Waals surface area contributed by atoms with E-state index in [0.29, 0.717) is 18.7 Å². The van der Waals surface area contributed by atoms with E-state index in [-0.39, 0.29) is 18.2 Å². The number of hydrogen-bond acceptors (Lipinski definition) is 4. The summed E-state index contributed by atoms with van der Waals surface area (Å²) in [5.41, 5.74) is 5.86. The molecule has 1 N–H and O–H groups in total. The third-order valence-electron chi connectivity index (χ3n) is 6.33. The number of nitrogens with one attached hydrogen (secondary N) is 1. The molecule has 5 rings (SSSR count). The summed E-state index contributed by atoms with van der Waals surface area (Å²) in [6, 6.07) is 18.1. The molecule has 1 saturated heterocycles. The Morgan fingerprint density at radius 3 is 2.65 bits per heavy atom. The number of carbonyl (C=O) groups is 1. The monoisotopic (exact) mass is 416 g/mol. The number of amides is 1. The van der Waals surface area contributed by atoms with Crippen LogP contribution in [0.3, 0.4) is 0 Å². The van der Waals surface area contributed by atoms with Crippen molar-refractivity contribution in [3.63, 3.8) is 0 Å². The average molecular weight is 417 g/mol. The van der Waals surface area contributed by atoms with Gasteiger partial charge in [-0.1, -0.05) is 42.5 Å². The topological polar surface area (TPSA) is 59.4 Å². The van der Waals surface area contributed by atoms with Gasteiger partial charge < -0.3 is 15.0 Å². The van der Waals surface area contributed by atoms with Crippen molar-refractivity contribution in [1.82, 2.24) is 14.7 Å². The molecule has 0 radical (unpaired) electrons. The molecular weight excluding hydrogens is 388 g/mol. The zero-order valence-corrected chi connectivity index (χ0v) is 18.0. The van der Waals surface area contributed by atoms with Crippen LogP contribution in [-0.2, 0) is 11.3 Å². The Kier molecular flexibility index (Phi) is 5.24. The van der Waals surface area contributed by atoms with Crippen molar-refractivity contribution in [2.45, 2.75) is 45.5 Å². The number of anilines is 1. The van der Waals surface area contributed by atoms with Gasteiger partial charge in [0.2, 0.25) is 0 Å². The van der Waals surface area contributed by atoms with Gasteiger partial charge in [-0.2, -0.15) is 5.10 Å². The van der Waals surface area contributed by atoms with E-state index >= 15 is 0 Å². The van der Waals surface area contributed by atoms with Gasteiger partial charge in [0.1, 0.15) is 6.17 Å². The smallest absolute Gasteiger partial charge is 0.257 e. The fraction of sp³-hybridized carbons (Fsp3) is 0.360. The summed E-state index contributed by atoms with van der Waals surface area (Å²) in [5, 5.41) is 8.46. The highest BCUT2D eigenvalue weighted by molar-refractivity contribution is 6.01. The molecule has 31 heavy (non-hydrogen) atoms. The summed E-state index contributed by atoms with van der Waals surface area (Å²) in [7, 11) is 0. The predicted octanol–water partition coefficient (Wildman–Crippen LogP) is 4.29. The highest BCUT2D eigenvalue weighted by Crippen LogP contribution is 2.36. The molecule has 6 nitrogen and oxygen atoms in total. The van der Waals surface area contributed by atoms with Crippen molar-refractivity contribution in [2.75, 3.05) is 18.5 Å². The number of rotatable bonds is 5. The second-order valence-electron chi connectivity index (χ2n) is 8.41. The standard InChI is InChI=1S/C25H28N4O2/c1-17-23(18(2)29(27-17)15-19-9-4-3-5-10-19)24-26-22-13-7-6-12-21(22)25(30)28(24)16-20-11-8-14-31-20/h3-7,9-10,12-13,20,24,26H,8,11,14-16H2,1-2H3/t20-,24-/m1/s1. The van der Waals surface area contributed by atoms with E-state index in [2.05, 4.69) is 24.4 Å². The lowest BCUT2D eigenvalue weighted by Gasteiger charge is -2.39. The number of hydrogen-bond donors (Lipinski definition) is 1. The highest BCUT2D eigenvalue weighted by atomic mass is 16.5. The maximum atomic E-state index is 13.5. The number of carbonyl (C=O) groups excluding carboxylic acids is 1. The van der Waals surface area contributed by atoms with Crippen molar-refractivity contribution in [1.29, 1.82) is 0 Å². The molecule has 6 heteroatoms. The van der Waals surface area contributed by atoms with Crippen LogP contribution in [0.25, 0.3) is 0 Å². The quantitative estimate of drug-likeness (QED) is 0.674. The van der Waals surface area contributed by atoms with Crippen LogP contribution < -0.4 is 5.32 Å². The summed E-state index contributed by atoms with van der Waals surface area (Å²) in [6.45, 7) is 6.18. The van der Waals surface area contributed by atoms with Gasteiger partial charge in [0.25, 0.3) is 5.91 Å². The van der Waals surface area contributed by atoms with Gasteiger partial charge >= 0.3 is 0 Å². The third kappa shape index (κ3) is 3.72. The lowest BCUT2D eigenvalue weighted by molar-refractivity contribution is 0.0425. The molecule has 2 atom stereocenters. The minimum absolute atomic E-state index is 0.0458. The highest BCUT2D eigenvalue weighted by Gasteiger charge is 2.37. The second-order valence-corrected chi connectivity index (χ2v) is 8.41. The van der Waals surface area contributed by atoms with Gasteiger partial charge in [0.15, 0.2) is 0 Å². The number of benzene rings is 2. The minimum Gasteiger partial charge on any atom is -0.376 e. The van der Waals surface area contributed by atoms with E-state index in [4.69, 9.17) is 9.84 Å². The normalized spacial score (nSPS) is 20.6. The van der Waals surface area contributed by atoms with Crippen molar-refractivity contribution in [3.8, 4) is 0 Å². The van der Waals surface area contributed by atoms with Crippen LogP contribution in [0, 0.1) is 13.8 Å². The van der Waals surface area contributed by atoms with Crippen LogP contribution in [0.4, 0.5) is 5.69 Å². The molecule has 0 spiro atoms. The molecule has 0 unspecified atom stereocenters. The number of aryl methyl sites for hydroxylation is 1. The molecule has 2 aromatic carbocycles. The van der Waals surface area contributed by atoms with Crippen molar-refractivity contribution < 1.29 is 9.53 Å². The minimum atomic E-state index is -0.267. The molecule has 3 heterocycles. The number of ether oxygens (including phenoxy) is 1. The molecule has 1 fully saturated rings. The summed E-state index contributed by atoms with van der Waals surface area (Å²) < 4.78 is 7.92. The maximum Gasteiger partial charge on any atom is 0.257 e. The van der Waals surface area contributed by atoms with Gasteiger partial charge in [0.05, 0.1) is 23.9 Å². The van der Waals surface area contributed by atoms with Gasteiger partial charge in [0, 0.05) is 30.1 Å². The lowest BCUT2D eigenvalue weighted by Crippen LogP contribution is -2.46. The van der Waals surface area contributed by atoms with E-state index in [1.165, 1.54) is 5.56 Å². The SMILES string of the molecule is Cc1nn(Cc2ccccc2)c(C)c1[C@@H]1Nc2ccccc2C(=O)N1C[C@H]1CCCO1. The largest absolute Gasteiger partial charge is 0.376 e. The Morgan fingerprint density at radius 1 is 1.10 bits per heavy atom. The number of para-hydroxylation sites is 1. The lowest BCUT2D eigenvalue weighted by atomic mass is 10.0. The van der Waals surface area contributed by atoms with E-state index < -0.39 is 0 Å². The number of aromatic nitrogens is 2. The summed E-state index contributed by atoms with van der Waals surface area (Å²) in [5.74, 6) is 0.0458. The molecule has 0 aliphatic carbocycles. The summed E-state index contributed by atoms with van der Waals surface area (Å²) in [6.07, 6.45) is 1.85. The zero-order valence-electron chi connectivity index (χ0n) is 18.0. The Morgan fingerprint density at radius 2 is 1.87 bits per heavy atom. The zero-order chi connectivity index (χ0) is 21.4. The average Bonchev–Trinajstić information content (AvgIpc) is 3.39. The second kappa shape index (κ2) is 8.19. The number of nitrogens with zero attached hydrogens (tertiary/aromatic N) is 3. The Hall–Kier alpha value is -3.12. The molecule has 0 bridgehead atoms. The first kappa shape index (κ1) is 19.8. The number of fused-ring (bicyclic) bond motifs is 1. The third-order valence-corrected chi connectivity index (χ3v) is 6.33. The van der Waals surface area contributed by atoms with Crippen LogP contribution in [0.5, 0.6) is 0 Å². The molecule has 160 valence electrons. The molecule has 1 aromatic heterocycles. The fourth-order valence-corrected chi connectivity index (χ4v) is 4.73. The molecule has 2 aliphatic heterocycles. The predicted molar refractivity (Wildman–Crippen MR) is 120 cm³/mol. The molecular formula is C25H28N4O2. The van der Waals surface area contributed by atoms with E-state index in [1.54, 1.807) is 0 Å². The molecule has 3 aromatic rings. The van der Waals surface area contributed by atoms with E-state index in [1.807, 2.05) is 59.0 Å². The summed E-state index contributed by atoms with van der Waals surface area (Å²) >= 11 is 0. The Balaban J connectivity index is 1.52. The fourth-order valence-electron chi connectivity index (χ4n) is 4.73. The Labute approximate surface area is 182 Å². The van der Waals surface area contributed by atoms with Crippen LogP contribution >= 0.6 is 0 Å². The van der Waals surface area contributed by atoms with Gasteiger partial charge in [-0.05, 0) is 44.4 Å². The van der Waals surface area contributed by atoms with Gasteiger partial charge in [-0.15, -0.1) is 0 Å². The van der Waals surface area contributed by atoms with Crippen molar-refractivity contribution >= 4 is 11.6 Å². The van der Waals surface area contributed by atoms with E-state index in [0.717, 1.165) is 42.1 Å². The van der Waals surface area contributed by atoms with Crippen LogP contribution in [0.1, 0.15) is 51.9 Å². The van der Waals surface area contributed by atoms with Crippen molar-refractivity contribution in [3.05, 3.63) is 82.7 Å². The first-order chi connectivity index (χ1) is 15.1. The van der Waals surface area contributed by atoms with Crippen molar-refractivity contribution in [2.24, 2.45) is 0 Å². The molecule has 2 aliphatic rings.